The highest BCUT2D eigenvalue weighted by Gasteiger charge is 2.09. The lowest BCUT2D eigenvalue weighted by Gasteiger charge is -2.14. The summed E-state index contributed by atoms with van der Waals surface area (Å²) in [4.78, 5) is 8.64. The molecule has 0 amide bonds. The Morgan fingerprint density at radius 2 is 2.14 bits per heavy atom. The molecule has 0 aliphatic carbocycles. The SMILES string of the molecule is CCNC(=NCCCN1CCCC1)NCCc1cccs1.I. The molecule has 4 nitrogen and oxygen atoms in total. The minimum atomic E-state index is 0. The highest BCUT2D eigenvalue weighted by atomic mass is 127. The van der Waals surface area contributed by atoms with Crippen molar-refractivity contribution in [3.8, 4) is 0 Å². The summed E-state index contributed by atoms with van der Waals surface area (Å²) in [6, 6.07) is 4.30. The van der Waals surface area contributed by atoms with Crippen LogP contribution in [0.4, 0.5) is 0 Å². The third-order valence-electron chi connectivity index (χ3n) is 3.69. The van der Waals surface area contributed by atoms with E-state index < -0.39 is 0 Å². The molecule has 0 unspecified atom stereocenters. The van der Waals surface area contributed by atoms with Crippen molar-refractivity contribution in [1.29, 1.82) is 0 Å². The van der Waals surface area contributed by atoms with Crippen LogP contribution in [-0.4, -0.2) is 50.1 Å². The van der Waals surface area contributed by atoms with E-state index in [2.05, 4.69) is 45.0 Å². The molecule has 0 radical (unpaired) electrons. The lowest BCUT2D eigenvalue weighted by Crippen LogP contribution is -2.38. The number of hydrogen-bond acceptors (Lipinski definition) is 3. The summed E-state index contributed by atoms with van der Waals surface area (Å²) in [6.45, 7) is 8.63. The lowest BCUT2D eigenvalue weighted by atomic mass is 10.3. The van der Waals surface area contributed by atoms with Crippen molar-refractivity contribution in [2.24, 2.45) is 4.99 Å². The van der Waals surface area contributed by atoms with Crippen molar-refractivity contribution < 1.29 is 0 Å². The van der Waals surface area contributed by atoms with Crippen molar-refractivity contribution in [2.75, 3.05) is 39.3 Å². The van der Waals surface area contributed by atoms with Gasteiger partial charge in [-0.2, -0.15) is 0 Å². The molecule has 1 aliphatic rings. The molecule has 1 fully saturated rings. The quantitative estimate of drug-likeness (QED) is 0.285. The van der Waals surface area contributed by atoms with E-state index >= 15 is 0 Å². The van der Waals surface area contributed by atoms with E-state index in [0.29, 0.717) is 0 Å². The maximum atomic E-state index is 4.66. The van der Waals surface area contributed by atoms with E-state index in [0.717, 1.165) is 38.4 Å². The van der Waals surface area contributed by atoms with E-state index in [-0.39, 0.29) is 24.0 Å². The second-order valence-corrected chi connectivity index (χ2v) is 6.45. The monoisotopic (exact) mass is 436 g/mol. The predicted molar refractivity (Wildman–Crippen MR) is 108 cm³/mol. The zero-order chi connectivity index (χ0) is 14.8. The van der Waals surface area contributed by atoms with Crippen molar-refractivity contribution in [2.45, 2.75) is 32.6 Å². The van der Waals surface area contributed by atoms with Crippen LogP contribution in [0.25, 0.3) is 0 Å². The van der Waals surface area contributed by atoms with Crippen LogP contribution in [-0.2, 0) is 6.42 Å². The van der Waals surface area contributed by atoms with Crippen LogP contribution < -0.4 is 10.6 Å². The topological polar surface area (TPSA) is 39.7 Å². The molecule has 6 heteroatoms. The number of halogens is 1. The average Bonchev–Trinajstić information content (AvgIpc) is 3.17. The van der Waals surface area contributed by atoms with Gasteiger partial charge in [0.15, 0.2) is 5.96 Å². The van der Waals surface area contributed by atoms with Crippen molar-refractivity contribution in [3.05, 3.63) is 22.4 Å². The number of rotatable bonds is 8. The fourth-order valence-electron chi connectivity index (χ4n) is 2.59. The molecule has 2 rings (SSSR count). The van der Waals surface area contributed by atoms with Crippen LogP contribution in [0, 0.1) is 0 Å². The smallest absolute Gasteiger partial charge is 0.191 e. The molecule has 22 heavy (non-hydrogen) atoms. The summed E-state index contributed by atoms with van der Waals surface area (Å²) in [5.41, 5.74) is 0. The Balaban J connectivity index is 0.00000242. The highest BCUT2D eigenvalue weighted by Crippen LogP contribution is 2.08. The first kappa shape index (κ1) is 19.7. The summed E-state index contributed by atoms with van der Waals surface area (Å²) in [7, 11) is 0. The fourth-order valence-corrected chi connectivity index (χ4v) is 3.30. The lowest BCUT2D eigenvalue weighted by molar-refractivity contribution is 0.336. The summed E-state index contributed by atoms with van der Waals surface area (Å²) in [5, 5.41) is 8.87. The van der Waals surface area contributed by atoms with Crippen LogP contribution >= 0.6 is 35.3 Å². The van der Waals surface area contributed by atoms with Gasteiger partial charge in [0.25, 0.3) is 0 Å². The van der Waals surface area contributed by atoms with Crippen molar-refractivity contribution in [3.63, 3.8) is 0 Å². The summed E-state index contributed by atoms with van der Waals surface area (Å²) >= 11 is 1.82. The van der Waals surface area contributed by atoms with Crippen molar-refractivity contribution in [1.82, 2.24) is 15.5 Å². The zero-order valence-electron chi connectivity index (χ0n) is 13.5. The van der Waals surface area contributed by atoms with Gasteiger partial charge >= 0.3 is 0 Å². The van der Waals surface area contributed by atoms with E-state index in [4.69, 9.17) is 0 Å². The number of nitrogens with one attached hydrogen (secondary N) is 2. The molecule has 126 valence electrons. The van der Waals surface area contributed by atoms with E-state index in [1.165, 1.54) is 37.4 Å². The first-order valence-corrected chi connectivity index (χ1v) is 9.03. The zero-order valence-corrected chi connectivity index (χ0v) is 16.7. The molecule has 2 N–H and O–H groups in total. The third kappa shape index (κ3) is 7.78. The van der Waals surface area contributed by atoms with Gasteiger partial charge in [-0.1, -0.05) is 6.07 Å². The Labute approximate surface area is 155 Å². The summed E-state index contributed by atoms with van der Waals surface area (Å²) < 4.78 is 0. The van der Waals surface area contributed by atoms with E-state index in [1.54, 1.807) is 0 Å². The Kier molecular flexibility index (Phi) is 10.9. The Morgan fingerprint density at radius 1 is 1.32 bits per heavy atom. The molecule has 1 aromatic rings. The summed E-state index contributed by atoms with van der Waals surface area (Å²) in [5.74, 6) is 0.954. The van der Waals surface area contributed by atoms with Crippen molar-refractivity contribution >= 4 is 41.3 Å². The van der Waals surface area contributed by atoms with Gasteiger partial charge in [-0.25, -0.2) is 0 Å². The maximum absolute atomic E-state index is 4.66. The Hall–Kier alpha value is -0.340. The molecular formula is C16H29IN4S. The highest BCUT2D eigenvalue weighted by molar-refractivity contribution is 14.0. The van der Waals surface area contributed by atoms with Gasteiger partial charge in [0.05, 0.1) is 0 Å². The molecule has 0 spiro atoms. The van der Waals surface area contributed by atoms with Crippen LogP contribution in [0.2, 0.25) is 0 Å². The molecule has 0 saturated carbocycles. The third-order valence-corrected chi connectivity index (χ3v) is 4.63. The Morgan fingerprint density at radius 3 is 2.82 bits per heavy atom. The first-order valence-electron chi connectivity index (χ1n) is 8.15. The molecule has 0 atom stereocenters. The van der Waals surface area contributed by atoms with Crippen LogP contribution in [0.15, 0.2) is 22.5 Å². The van der Waals surface area contributed by atoms with Gasteiger partial charge in [0.1, 0.15) is 0 Å². The molecular weight excluding hydrogens is 407 g/mol. The molecule has 2 heterocycles. The number of thiophene rings is 1. The normalized spacial score (nSPS) is 15.6. The summed E-state index contributed by atoms with van der Waals surface area (Å²) in [6.07, 6.45) is 4.96. The number of aliphatic imine (C=N–C) groups is 1. The van der Waals surface area contributed by atoms with Gasteiger partial charge in [0.2, 0.25) is 0 Å². The van der Waals surface area contributed by atoms with E-state index in [9.17, 15) is 0 Å². The van der Waals surface area contributed by atoms with Crippen LogP contribution in [0.3, 0.4) is 0 Å². The standard InChI is InChI=1S/C16H28N4S.HI/c1-2-17-16(19-10-8-15-7-5-14-21-15)18-9-6-13-20-11-3-4-12-20;/h5,7,14H,2-4,6,8-13H2,1H3,(H2,17,18,19);1H. The molecule has 1 aliphatic heterocycles. The second-order valence-electron chi connectivity index (χ2n) is 5.42. The molecule has 0 aromatic carbocycles. The number of likely N-dealkylation sites (tertiary alicyclic amines) is 1. The van der Waals surface area contributed by atoms with Crippen LogP contribution in [0.1, 0.15) is 31.1 Å². The first-order chi connectivity index (χ1) is 10.4. The fraction of sp³-hybridized carbons (Fsp3) is 0.688. The van der Waals surface area contributed by atoms with Gasteiger partial charge < -0.3 is 15.5 Å². The molecule has 1 aromatic heterocycles. The largest absolute Gasteiger partial charge is 0.357 e. The van der Waals surface area contributed by atoms with Gasteiger partial charge in [-0.15, -0.1) is 35.3 Å². The number of hydrogen-bond donors (Lipinski definition) is 2. The van der Waals surface area contributed by atoms with Gasteiger partial charge in [-0.05, 0) is 63.7 Å². The van der Waals surface area contributed by atoms with Gasteiger partial charge in [0, 0.05) is 24.5 Å². The Bertz CT molecular complexity index is 402. The number of nitrogens with zero attached hydrogens (tertiary/aromatic N) is 2. The second kappa shape index (κ2) is 12.1. The maximum Gasteiger partial charge on any atom is 0.191 e. The molecule has 1 saturated heterocycles. The van der Waals surface area contributed by atoms with E-state index in [1.807, 2.05) is 11.3 Å². The van der Waals surface area contributed by atoms with Gasteiger partial charge in [-0.3, -0.25) is 4.99 Å². The average molecular weight is 436 g/mol. The van der Waals surface area contributed by atoms with Crippen LogP contribution in [0.5, 0.6) is 0 Å². The number of guanidine groups is 1. The minimum absolute atomic E-state index is 0. The molecule has 0 bridgehead atoms. The predicted octanol–water partition coefficient (Wildman–Crippen LogP) is 2.95. The minimum Gasteiger partial charge on any atom is -0.357 e.